The van der Waals surface area contributed by atoms with E-state index < -0.39 is 34.4 Å². The van der Waals surface area contributed by atoms with Gasteiger partial charge < -0.3 is 0 Å². The molecule has 7 nitrogen and oxygen atoms in total. The Balaban J connectivity index is 1.74. The van der Waals surface area contributed by atoms with Gasteiger partial charge in [-0.25, -0.2) is 0 Å². The van der Waals surface area contributed by atoms with Gasteiger partial charge in [0.2, 0.25) is 0 Å². The zero-order chi connectivity index (χ0) is 25.3. The molecule has 1 amide bonds. The molecule has 2 fully saturated rings. The molecule has 2 heterocycles. The van der Waals surface area contributed by atoms with Crippen LogP contribution >= 0.6 is 0 Å². The van der Waals surface area contributed by atoms with Gasteiger partial charge in [0.25, 0.3) is 0 Å². The van der Waals surface area contributed by atoms with E-state index >= 15 is 0 Å². The molecule has 0 spiro atoms. The molecule has 8 heteroatoms. The molecule has 4 atom stereocenters. The molecule has 2 saturated heterocycles. The van der Waals surface area contributed by atoms with Crippen molar-refractivity contribution >= 4 is 37.3 Å². The van der Waals surface area contributed by atoms with Crippen molar-refractivity contribution in [1.29, 1.82) is 0 Å². The van der Waals surface area contributed by atoms with E-state index in [1.54, 1.807) is 36.3 Å². The van der Waals surface area contributed by atoms with Gasteiger partial charge in [0.15, 0.2) is 0 Å². The van der Waals surface area contributed by atoms with Crippen LogP contribution in [0.1, 0.15) is 22.3 Å². The van der Waals surface area contributed by atoms with Crippen molar-refractivity contribution in [1.82, 2.24) is 4.90 Å². The number of ether oxygens (including phenoxy) is 3. The molecular weight excluding hydrogens is 525 g/mol. The molecule has 0 radical (unpaired) electrons. The average Bonchev–Trinajstić information content (AvgIpc) is 3.40. The van der Waals surface area contributed by atoms with E-state index in [0.717, 1.165) is 4.46 Å². The third-order valence-electron chi connectivity index (χ3n) is 6.73. The third kappa shape index (κ3) is 3.96. The Morgan fingerprint density at radius 3 is 2.33 bits per heavy atom. The van der Waals surface area contributed by atoms with Crippen molar-refractivity contribution in [3.8, 4) is 5.75 Å². The predicted octanol–water partition coefficient (Wildman–Crippen LogP) is 2.51. The fourth-order valence-corrected chi connectivity index (χ4v) is 8.21. The van der Waals surface area contributed by atoms with Crippen LogP contribution in [0.25, 0.3) is 0 Å². The Hall–Kier alpha value is -3.61. The molecule has 0 aromatic heterocycles. The normalized spacial score (nSPS) is 24.7. The van der Waals surface area contributed by atoms with Gasteiger partial charge in [-0.2, -0.15) is 0 Å². The maximum absolute atomic E-state index is 14.1. The molecule has 2 aliphatic rings. The molecule has 0 N–H and O–H groups in total. The molecule has 5 rings (SSSR count). The van der Waals surface area contributed by atoms with Crippen molar-refractivity contribution < 1.29 is 28.6 Å². The fraction of sp³-hybridized carbons (Fsp3) is 0.250. The molecule has 2 aliphatic heterocycles. The number of esters is 2. The first kappa shape index (κ1) is 24.1. The molecule has 0 saturated carbocycles. The van der Waals surface area contributed by atoms with Gasteiger partial charge in [-0.1, -0.05) is 0 Å². The molecule has 3 aromatic carbocycles. The summed E-state index contributed by atoms with van der Waals surface area (Å²) < 4.78 is 17.9. The minimum absolute atomic E-state index is 0.00306. The zero-order valence-electron chi connectivity index (χ0n) is 19.8. The van der Waals surface area contributed by atoms with Gasteiger partial charge in [0, 0.05) is 0 Å². The summed E-state index contributed by atoms with van der Waals surface area (Å²) in [6.07, 6.45) is -0.00306. The topological polar surface area (TPSA) is 82.1 Å². The summed E-state index contributed by atoms with van der Waals surface area (Å²) in [4.78, 5) is 41.2. The van der Waals surface area contributed by atoms with Crippen LogP contribution in [0.5, 0.6) is 5.75 Å². The van der Waals surface area contributed by atoms with E-state index in [0.29, 0.717) is 16.9 Å². The number of carbonyl (C=O) groups excluding carboxylic acids is 3. The monoisotopic (exact) mass is 551 g/mol. The Bertz CT molecular complexity index is 1280. The molecular formula is C28H25NO6Se. The second-order valence-corrected chi connectivity index (χ2v) is 11.1. The van der Waals surface area contributed by atoms with Gasteiger partial charge >= 0.3 is 216 Å². The second kappa shape index (κ2) is 9.80. The van der Waals surface area contributed by atoms with Crippen LogP contribution in [-0.4, -0.2) is 62.9 Å². The van der Waals surface area contributed by atoms with Crippen molar-refractivity contribution in [2.45, 2.75) is 23.0 Å². The van der Waals surface area contributed by atoms with Crippen LogP contribution in [0, 0.1) is 5.92 Å². The summed E-state index contributed by atoms with van der Waals surface area (Å²) in [7, 11) is 2.87. The number of fused-ring (bicyclic) bond motifs is 1. The maximum atomic E-state index is 14.1. The van der Waals surface area contributed by atoms with Crippen LogP contribution in [0.2, 0.25) is 0 Å². The van der Waals surface area contributed by atoms with Crippen LogP contribution in [0.4, 0.5) is 0 Å². The van der Waals surface area contributed by atoms with E-state index in [9.17, 15) is 14.4 Å². The van der Waals surface area contributed by atoms with Gasteiger partial charge in [-0.3, -0.25) is 0 Å². The molecule has 0 unspecified atom stereocenters. The molecule has 3 aromatic rings. The number of amides is 1. The van der Waals surface area contributed by atoms with Crippen LogP contribution in [0.15, 0.2) is 84.9 Å². The van der Waals surface area contributed by atoms with Gasteiger partial charge in [-0.05, 0) is 0 Å². The average molecular weight is 550 g/mol. The summed E-state index contributed by atoms with van der Waals surface area (Å²) in [6.45, 7) is 0. The van der Waals surface area contributed by atoms with Crippen molar-refractivity contribution in [3.05, 3.63) is 96.1 Å². The molecule has 0 aliphatic carbocycles. The number of likely N-dealkylation sites (tertiary alicyclic amines) is 1. The van der Waals surface area contributed by atoms with Crippen molar-refractivity contribution in [2.75, 3.05) is 14.2 Å². The van der Waals surface area contributed by atoms with E-state index in [1.807, 2.05) is 60.7 Å². The number of methoxy groups -OCH3 is 2. The van der Waals surface area contributed by atoms with Crippen LogP contribution in [0.3, 0.4) is 0 Å². The molecule has 184 valence electrons. The van der Waals surface area contributed by atoms with Gasteiger partial charge in [0.1, 0.15) is 0 Å². The molecule has 36 heavy (non-hydrogen) atoms. The number of carbonyl (C=O) groups is 3. The number of hydrogen-bond donors (Lipinski definition) is 0. The minimum atomic E-state index is -1.23. The Morgan fingerprint density at radius 1 is 0.972 bits per heavy atom. The Kier molecular flexibility index (Phi) is 6.56. The van der Waals surface area contributed by atoms with E-state index in [4.69, 9.17) is 14.2 Å². The first-order chi connectivity index (χ1) is 17.5. The third-order valence-corrected chi connectivity index (χ3v) is 9.55. The van der Waals surface area contributed by atoms with Crippen molar-refractivity contribution in [2.24, 2.45) is 5.92 Å². The Morgan fingerprint density at radius 2 is 1.67 bits per heavy atom. The van der Waals surface area contributed by atoms with Crippen LogP contribution < -0.4 is 9.20 Å². The number of hydrogen-bond acceptors (Lipinski definition) is 6. The number of nitrogens with zero attached hydrogens (tertiary/aromatic N) is 1. The fourth-order valence-electron chi connectivity index (χ4n) is 5.18. The first-order valence-electron chi connectivity index (χ1n) is 11.5. The SMILES string of the molecule is COC(=O)[C@@H]1[C@H]2CC(=O)O[C@@]2(c2cccc(OC)c2)[C@H]([Se]c2ccccc2)N1C(=O)c1ccccc1. The first-order valence-corrected chi connectivity index (χ1v) is 13.4. The Labute approximate surface area is 215 Å². The quantitative estimate of drug-likeness (QED) is 0.347. The summed E-state index contributed by atoms with van der Waals surface area (Å²) in [5, 5.41) is 0. The standard InChI is InChI=1S/C28H25NO6Se/c1-33-20-13-9-12-19(16-20)28-22(17-23(30)35-28)24(26(32)34-2)29(25(31)18-10-5-3-6-11-18)27(28)36-21-14-7-4-8-15-21/h3-16,22,24,27H,17H2,1-2H3/t22-,24+,27+,28-/m1/s1. The zero-order valence-corrected chi connectivity index (χ0v) is 21.5. The van der Waals surface area contributed by atoms with E-state index in [1.165, 1.54) is 7.11 Å². The summed E-state index contributed by atoms with van der Waals surface area (Å²) >= 11 is -0.388. The second-order valence-electron chi connectivity index (χ2n) is 8.64. The number of benzene rings is 3. The van der Waals surface area contributed by atoms with Gasteiger partial charge in [-0.15, -0.1) is 0 Å². The summed E-state index contributed by atoms with van der Waals surface area (Å²) in [5.74, 6) is -1.30. The van der Waals surface area contributed by atoms with Crippen molar-refractivity contribution in [3.63, 3.8) is 0 Å². The van der Waals surface area contributed by atoms with E-state index in [2.05, 4.69) is 0 Å². The van der Waals surface area contributed by atoms with Crippen LogP contribution in [-0.2, 0) is 24.7 Å². The summed E-state index contributed by atoms with van der Waals surface area (Å²) in [6, 6.07) is 25.0. The summed E-state index contributed by atoms with van der Waals surface area (Å²) in [5.41, 5.74) is -0.0878. The molecule has 0 bridgehead atoms. The van der Waals surface area contributed by atoms with E-state index in [-0.39, 0.29) is 27.3 Å². The number of rotatable bonds is 6. The van der Waals surface area contributed by atoms with Gasteiger partial charge in [0.05, 0.1) is 0 Å². The predicted molar refractivity (Wildman–Crippen MR) is 133 cm³/mol.